The van der Waals surface area contributed by atoms with E-state index in [9.17, 15) is 30.7 Å². The Morgan fingerprint density at radius 3 is 2.36 bits per heavy atom. The van der Waals surface area contributed by atoms with Gasteiger partial charge in [0.05, 0.1) is 11.1 Å². The van der Waals surface area contributed by atoms with Crippen LogP contribution in [0.3, 0.4) is 0 Å². The van der Waals surface area contributed by atoms with Gasteiger partial charge in [-0.05, 0) is 41.5 Å². The third-order valence-electron chi connectivity index (χ3n) is 5.29. The molecule has 3 heterocycles. The smallest absolute Gasteiger partial charge is 0.354 e. The summed E-state index contributed by atoms with van der Waals surface area (Å²) < 4.78 is 98.9. The summed E-state index contributed by atoms with van der Waals surface area (Å²) in [5, 5.41) is 7.80. The van der Waals surface area contributed by atoms with Gasteiger partial charge in [-0.3, -0.25) is 0 Å². The minimum Gasteiger partial charge on any atom is -0.354 e. The largest absolute Gasteiger partial charge is 0.417 e. The minimum absolute atomic E-state index is 0.0319. The van der Waals surface area contributed by atoms with Crippen LogP contribution < -0.4 is 4.68 Å². The first-order valence-corrected chi connectivity index (χ1v) is 10.2. The average Bonchev–Trinajstić information content (AvgIpc) is 3.45. The van der Waals surface area contributed by atoms with Crippen LogP contribution in [0.5, 0.6) is 0 Å². The first-order chi connectivity index (χ1) is 17.0. The van der Waals surface area contributed by atoms with E-state index >= 15 is 0 Å². The number of hydrogen-bond acceptors (Lipinski definition) is 4. The van der Waals surface area contributed by atoms with Gasteiger partial charge >= 0.3 is 12.4 Å². The molecule has 0 aliphatic carbocycles. The van der Waals surface area contributed by atoms with Crippen molar-refractivity contribution in [3.8, 4) is 22.6 Å². The molecule has 1 N–H and O–H groups in total. The molecular formula is C23H13F7N5O+. The molecular weight excluding hydrogens is 495 g/mol. The van der Waals surface area contributed by atoms with Crippen LogP contribution in [-0.2, 0) is 18.9 Å². The predicted molar refractivity (Wildman–Crippen MR) is 111 cm³/mol. The van der Waals surface area contributed by atoms with Crippen molar-refractivity contribution in [2.75, 3.05) is 0 Å². The zero-order valence-corrected chi connectivity index (χ0v) is 17.8. The number of nitrogens with zero attached hydrogens (tertiary/aromatic N) is 4. The Bertz CT molecular complexity index is 1550. The molecule has 0 atom stereocenters. The fourth-order valence-electron chi connectivity index (χ4n) is 3.59. The van der Waals surface area contributed by atoms with Gasteiger partial charge in [0.1, 0.15) is 34.6 Å². The van der Waals surface area contributed by atoms with Crippen molar-refractivity contribution in [1.29, 1.82) is 0 Å². The molecule has 0 unspecified atom stereocenters. The lowest BCUT2D eigenvalue weighted by atomic mass is 10.0. The molecule has 0 amide bonds. The quantitative estimate of drug-likeness (QED) is 0.246. The highest BCUT2D eigenvalue weighted by Crippen LogP contribution is 2.40. The SMILES string of the molecule is Fc1ccc(-c2nc3cn[n+](Cc4cc(-c5ccc(C(F)(F)F)cc5C(F)(F)F)no4)cc3[nH]2)cc1. The van der Waals surface area contributed by atoms with Crippen molar-refractivity contribution in [2.45, 2.75) is 18.9 Å². The zero-order chi connectivity index (χ0) is 25.7. The topological polar surface area (TPSA) is 71.5 Å². The molecule has 184 valence electrons. The Balaban J connectivity index is 1.42. The standard InChI is InChI=1S/C23H12F7N5O/c24-14-4-1-12(2-5-14)21-32-19-9-31-35(11-20(19)33-21)10-15-8-18(34-36-15)16-6-3-13(22(25,26)27)7-17(16)23(28,29)30/h1-9,11H,10H2/p+1. The Morgan fingerprint density at radius 2 is 1.67 bits per heavy atom. The van der Waals surface area contributed by atoms with E-state index in [1.165, 1.54) is 29.1 Å². The summed E-state index contributed by atoms with van der Waals surface area (Å²) in [4.78, 5) is 7.46. The van der Waals surface area contributed by atoms with Gasteiger partial charge in [0.15, 0.2) is 0 Å². The number of alkyl halides is 6. The van der Waals surface area contributed by atoms with E-state index in [1.807, 2.05) is 0 Å². The van der Waals surface area contributed by atoms with Crippen LogP contribution in [0, 0.1) is 5.82 Å². The van der Waals surface area contributed by atoms with Crippen molar-refractivity contribution in [3.63, 3.8) is 0 Å². The van der Waals surface area contributed by atoms with Gasteiger partial charge in [0.2, 0.25) is 18.5 Å². The molecule has 5 aromatic rings. The maximum absolute atomic E-state index is 13.5. The number of rotatable bonds is 4. The summed E-state index contributed by atoms with van der Waals surface area (Å²) in [5.41, 5.74) is -1.97. The summed E-state index contributed by atoms with van der Waals surface area (Å²) in [6, 6.07) is 8.22. The molecule has 0 saturated carbocycles. The normalized spacial score (nSPS) is 12.4. The molecule has 0 radical (unpaired) electrons. The van der Waals surface area contributed by atoms with Crippen LogP contribution in [0.4, 0.5) is 30.7 Å². The van der Waals surface area contributed by atoms with E-state index in [1.54, 1.807) is 18.3 Å². The minimum atomic E-state index is -5.04. The van der Waals surface area contributed by atoms with Crippen LogP contribution in [0.1, 0.15) is 16.9 Å². The lowest BCUT2D eigenvalue weighted by molar-refractivity contribution is -0.746. The summed E-state index contributed by atoms with van der Waals surface area (Å²) in [7, 11) is 0. The molecule has 5 rings (SSSR count). The van der Waals surface area contributed by atoms with Gasteiger partial charge in [0, 0.05) is 17.2 Å². The van der Waals surface area contributed by atoms with Crippen LogP contribution in [-0.4, -0.2) is 20.2 Å². The molecule has 36 heavy (non-hydrogen) atoms. The maximum Gasteiger partial charge on any atom is 0.417 e. The summed E-state index contributed by atoms with van der Waals surface area (Å²) in [6.45, 7) is -0.0319. The van der Waals surface area contributed by atoms with Gasteiger partial charge < -0.3 is 9.51 Å². The second-order valence-corrected chi connectivity index (χ2v) is 7.80. The van der Waals surface area contributed by atoms with Crippen molar-refractivity contribution in [3.05, 3.63) is 83.6 Å². The zero-order valence-electron chi connectivity index (χ0n) is 17.8. The predicted octanol–water partition coefficient (Wildman–Crippen LogP) is 5.79. The summed E-state index contributed by atoms with van der Waals surface area (Å²) in [6.07, 6.45) is -6.94. The number of nitrogens with one attached hydrogen (secondary N) is 1. The highest BCUT2D eigenvalue weighted by atomic mass is 19.4. The summed E-state index contributed by atoms with van der Waals surface area (Å²) >= 11 is 0. The molecule has 6 nitrogen and oxygen atoms in total. The first kappa shape index (κ1) is 23.5. The number of fused-ring (bicyclic) bond motifs is 1. The highest BCUT2D eigenvalue weighted by Gasteiger charge is 2.39. The average molecular weight is 508 g/mol. The Kier molecular flexibility index (Phi) is 5.49. The number of aromatic nitrogens is 5. The second-order valence-electron chi connectivity index (χ2n) is 7.80. The van der Waals surface area contributed by atoms with Gasteiger partial charge in [-0.2, -0.15) is 26.3 Å². The van der Waals surface area contributed by atoms with Crippen LogP contribution in [0.2, 0.25) is 0 Å². The highest BCUT2D eigenvalue weighted by molar-refractivity contribution is 5.77. The molecule has 2 aromatic carbocycles. The lowest BCUT2D eigenvalue weighted by Gasteiger charge is -2.14. The van der Waals surface area contributed by atoms with Gasteiger partial charge in [-0.1, -0.05) is 15.9 Å². The number of aromatic amines is 1. The number of imidazole rings is 1. The molecule has 13 heteroatoms. The Hall–Kier alpha value is -4.29. The molecule has 0 aliphatic heterocycles. The van der Waals surface area contributed by atoms with E-state index in [0.717, 1.165) is 0 Å². The number of benzene rings is 2. The number of halogens is 7. The molecule has 3 aromatic heterocycles. The number of H-pyrrole nitrogens is 1. The Labute approximate surface area is 197 Å². The molecule has 0 saturated heterocycles. The van der Waals surface area contributed by atoms with Gasteiger partial charge in [-0.15, -0.1) is 0 Å². The number of hydrogen-bond donors (Lipinski definition) is 1. The van der Waals surface area contributed by atoms with E-state index < -0.39 is 29.0 Å². The van der Waals surface area contributed by atoms with E-state index in [4.69, 9.17) is 4.52 Å². The van der Waals surface area contributed by atoms with E-state index in [-0.39, 0.29) is 29.9 Å². The van der Waals surface area contributed by atoms with Crippen LogP contribution >= 0.6 is 0 Å². The van der Waals surface area contributed by atoms with Crippen molar-refractivity contribution >= 4 is 11.0 Å². The molecule has 0 spiro atoms. The molecule has 0 fully saturated rings. The maximum atomic E-state index is 13.5. The van der Waals surface area contributed by atoms with Crippen LogP contribution in [0.15, 0.2) is 65.4 Å². The van der Waals surface area contributed by atoms with Crippen molar-refractivity contribution in [2.24, 2.45) is 0 Å². The van der Waals surface area contributed by atoms with Gasteiger partial charge in [0.25, 0.3) is 0 Å². The van der Waals surface area contributed by atoms with E-state index in [0.29, 0.717) is 34.6 Å². The lowest BCUT2D eigenvalue weighted by Crippen LogP contribution is -2.37. The second kappa shape index (κ2) is 8.43. The first-order valence-electron chi connectivity index (χ1n) is 10.2. The molecule has 0 aliphatic rings. The third kappa shape index (κ3) is 4.63. The fraction of sp³-hybridized carbons (Fsp3) is 0.130. The monoisotopic (exact) mass is 508 g/mol. The molecule has 0 bridgehead atoms. The van der Waals surface area contributed by atoms with E-state index in [2.05, 4.69) is 20.2 Å². The van der Waals surface area contributed by atoms with Crippen molar-refractivity contribution in [1.82, 2.24) is 20.2 Å². The summed E-state index contributed by atoms with van der Waals surface area (Å²) in [5.74, 6) is 0.209. The Morgan fingerprint density at radius 1 is 0.917 bits per heavy atom. The van der Waals surface area contributed by atoms with Crippen molar-refractivity contribution < 1.29 is 39.9 Å². The fourth-order valence-corrected chi connectivity index (χ4v) is 3.59. The van der Waals surface area contributed by atoms with Crippen LogP contribution in [0.25, 0.3) is 33.7 Å². The van der Waals surface area contributed by atoms with Gasteiger partial charge in [-0.25, -0.2) is 9.37 Å². The third-order valence-corrected chi connectivity index (χ3v) is 5.29.